The molecule has 0 aromatic rings. The third kappa shape index (κ3) is 0.896. The summed E-state index contributed by atoms with van der Waals surface area (Å²) in [6, 6.07) is 0. The largest absolute Gasteiger partial charge is 0.479 e. The Kier molecular flexibility index (Phi) is 1.20. The van der Waals surface area contributed by atoms with E-state index >= 15 is 0 Å². The minimum Gasteiger partial charge on any atom is -0.479 e. The minimum atomic E-state index is -2.03. The first-order valence-corrected chi connectivity index (χ1v) is 2.52. The van der Waals surface area contributed by atoms with E-state index in [1.165, 1.54) is 4.90 Å². The van der Waals surface area contributed by atoms with Gasteiger partial charge in [-0.25, -0.2) is 9.18 Å². The summed E-state index contributed by atoms with van der Waals surface area (Å²) in [5, 5.41) is 8.18. The Bertz CT molecular complexity index is 142. The van der Waals surface area contributed by atoms with Crippen LogP contribution in [0.15, 0.2) is 0 Å². The zero-order valence-corrected chi connectivity index (χ0v) is 4.80. The van der Waals surface area contributed by atoms with Crippen molar-refractivity contribution >= 4 is 5.97 Å². The maximum absolute atomic E-state index is 12.6. The van der Waals surface area contributed by atoms with Gasteiger partial charge in [0.2, 0.25) is 5.67 Å². The highest BCUT2D eigenvalue weighted by atomic mass is 19.1. The lowest BCUT2D eigenvalue weighted by molar-refractivity contribution is -0.161. The second-order valence-corrected chi connectivity index (χ2v) is 2.26. The van der Waals surface area contributed by atoms with Gasteiger partial charge in [0.05, 0.1) is 0 Å². The van der Waals surface area contributed by atoms with Gasteiger partial charge in [0, 0.05) is 20.1 Å². The van der Waals surface area contributed by atoms with Crippen LogP contribution in [0.1, 0.15) is 0 Å². The van der Waals surface area contributed by atoms with E-state index in [1.807, 2.05) is 0 Å². The molecular weight excluding hydrogens is 125 g/mol. The number of halogens is 1. The van der Waals surface area contributed by atoms with Crippen LogP contribution in [-0.2, 0) is 4.79 Å². The van der Waals surface area contributed by atoms with Gasteiger partial charge in [0.25, 0.3) is 0 Å². The highest BCUT2D eigenvalue weighted by molar-refractivity contribution is 5.79. The fraction of sp³-hybridized carbons (Fsp3) is 0.600. The lowest BCUT2D eigenvalue weighted by Crippen LogP contribution is -2.60. The Hall–Kier alpha value is -0.640. The van der Waals surface area contributed by atoms with Gasteiger partial charge in [-0.3, -0.25) is 4.90 Å². The number of carboxylic acids is 1. The van der Waals surface area contributed by atoms with Crippen molar-refractivity contribution in [3.05, 3.63) is 7.05 Å². The quantitative estimate of drug-likeness (QED) is 0.541. The fourth-order valence-electron chi connectivity index (χ4n) is 0.798. The Morgan fingerprint density at radius 1 is 1.78 bits per heavy atom. The molecule has 51 valence electrons. The molecular formula is C5H7FNO2. The van der Waals surface area contributed by atoms with Crippen LogP contribution < -0.4 is 0 Å². The average molecular weight is 132 g/mol. The average Bonchev–Trinajstić information content (AvgIpc) is 1.62. The molecule has 1 aliphatic heterocycles. The van der Waals surface area contributed by atoms with Gasteiger partial charge >= 0.3 is 5.97 Å². The number of hydrogen-bond donors (Lipinski definition) is 1. The summed E-state index contributed by atoms with van der Waals surface area (Å²) in [7, 11) is 3.35. The first kappa shape index (κ1) is 6.48. The van der Waals surface area contributed by atoms with Gasteiger partial charge < -0.3 is 5.11 Å². The van der Waals surface area contributed by atoms with Gasteiger partial charge in [0.15, 0.2) is 0 Å². The molecule has 9 heavy (non-hydrogen) atoms. The number of likely N-dealkylation sites (tertiary alicyclic amines) is 1. The van der Waals surface area contributed by atoms with E-state index in [-0.39, 0.29) is 13.1 Å². The SMILES string of the molecule is [CH2]N1CC(F)(C(=O)O)C1. The third-order valence-corrected chi connectivity index (χ3v) is 1.33. The lowest BCUT2D eigenvalue weighted by Gasteiger charge is -2.38. The minimum absolute atomic E-state index is 0.0949. The second-order valence-electron chi connectivity index (χ2n) is 2.26. The summed E-state index contributed by atoms with van der Waals surface area (Å²) >= 11 is 0. The van der Waals surface area contributed by atoms with Crippen molar-refractivity contribution in [3.8, 4) is 0 Å². The summed E-state index contributed by atoms with van der Waals surface area (Å²) in [5.74, 6) is -1.39. The van der Waals surface area contributed by atoms with Crippen molar-refractivity contribution in [1.29, 1.82) is 0 Å². The van der Waals surface area contributed by atoms with Crippen LogP contribution in [0.25, 0.3) is 0 Å². The molecule has 1 N–H and O–H groups in total. The molecule has 0 spiro atoms. The maximum atomic E-state index is 12.6. The van der Waals surface area contributed by atoms with Gasteiger partial charge in [-0.2, -0.15) is 0 Å². The summed E-state index contributed by atoms with van der Waals surface area (Å²) in [5.41, 5.74) is -2.03. The second kappa shape index (κ2) is 1.67. The Morgan fingerprint density at radius 3 is 2.33 bits per heavy atom. The van der Waals surface area contributed by atoms with Crippen LogP contribution in [0.4, 0.5) is 4.39 Å². The molecule has 1 radical (unpaired) electrons. The lowest BCUT2D eigenvalue weighted by atomic mass is 9.98. The van der Waals surface area contributed by atoms with Crippen molar-refractivity contribution in [2.24, 2.45) is 0 Å². The van der Waals surface area contributed by atoms with Crippen LogP contribution in [0.2, 0.25) is 0 Å². The number of carbonyl (C=O) groups is 1. The number of nitrogens with zero attached hydrogens (tertiary/aromatic N) is 1. The van der Waals surface area contributed by atoms with E-state index < -0.39 is 11.6 Å². The Labute approximate surface area is 52.1 Å². The summed E-state index contributed by atoms with van der Waals surface area (Å²) in [6.07, 6.45) is 0. The zero-order valence-electron chi connectivity index (χ0n) is 4.80. The van der Waals surface area contributed by atoms with Gasteiger partial charge in [-0.15, -0.1) is 0 Å². The van der Waals surface area contributed by atoms with Crippen molar-refractivity contribution in [2.75, 3.05) is 13.1 Å². The zero-order chi connectivity index (χ0) is 7.07. The highest BCUT2D eigenvalue weighted by Crippen LogP contribution is 2.23. The molecule has 0 aliphatic carbocycles. The van der Waals surface area contributed by atoms with Crippen LogP contribution >= 0.6 is 0 Å². The summed E-state index contributed by atoms with van der Waals surface area (Å²) < 4.78 is 12.6. The Balaban J connectivity index is 2.50. The molecule has 0 unspecified atom stereocenters. The summed E-state index contributed by atoms with van der Waals surface area (Å²) in [6.45, 7) is -0.190. The van der Waals surface area contributed by atoms with E-state index in [1.54, 1.807) is 0 Å². The predicted octanol–water partition coefficient (Wildman–Crippen LogP) is -0.114. The molecule has 1 heterocycles. The smallest absolute Gasteiger partial charge is 0.344 e. The van der Waals surface area contributed by atoms with E-state index in [2.05, 4.69) is 7.05 Å². The van der Waals surface area contributed by atoms with Crippen LogP contribution in [-0.4, -0.2) is 34.7 Å². The van der Waals surface area contributed by atoms with E-state index in [9.17, 15) is 9.18 Å². The number of aliphatic carboxylic acids is 1. The fourth-order valence-corrected chi connectivity index (χ4v) is 0.798. The number of alkyl halides is 1. The predicted molar refractivity (Wildman–Crippen MR) is 28.4 cm³/mol. The molecule has 0 bridgehead atoms. The molecule has 4 heteroatoms. The number of rotatable bonds is 1. The molecule has 1 saturated heterocycles. The molecule has 0 aromatic heterocycles. The third-order valence-electron chi connectivity index (χ3n) is 1.33. The van der Waals surface area contributed by atoms with Crippen LogP contribution in [0.3, 0.4) is 0 Å². The van der Waals surface area contributed by atoms with E-state index in [4.69, 9.17) is 5.11 Å². The standard InChI is InChI=1S/C5H7FNO2/c1-7-2-5(6,3-7)4(8)9/h1-3H2,(H,8,9). The van der Waals surface area contributed by atoms with Crippen LogP contribution in [0.5, 0.6) is 0 Å². The molecule has 1 aliphatic rings. The van der Waals surface area contributed by atoms with Crippen molar-refractivity contribution < 1.29 is 14.3 Å². The summed E-state index contributed by atoms with van der Waals surface area (Å²) in [4.78, 5) is 11.4. The van der Waals surface area contributed by atoms with Gasteiger partial charge in [0.1, 0.15) is 0 Å². The molecule has 1 fully saturated rings. The maximum Gasteiger partial charge on any atom is 0.344 e. The number of carboxylic acid groups (broad SMARTS) is 1. The van der Waals surface area contributed by atoms with Crippen LogP contribution in [0, 0.1) is 7.05 Å². The Morgan fingerprint density at radius 2 is 2.22 bits per heavy atom. The van der Waals surface area contributed by atoms with Gasteiger partial charge in [-0.1, -0.05) is 0 Å². The molecule has 0 aromatic carbocycles. The molecule has 0 saturated carbocycles. The number of hydrogen-bond acceptors (Lipinski definition) is 2. The van der Waals surface area contributed by atoms with Crippen molar-refractivity contribution in [3.63, 3.8) is 0 Å². The molecule has 3 nitrogen and oxygen atoms in total. The van der Waals surface area contributed by atoms with E-state index in [0.717, 1.165) is 0 Å². The molecule has 0 atom stereocenters. The van der Waals surface area contributed by atoms with Gasteiger partial charge in [-0.05, 0) is 0 Å². The van der Waals surface area contributed by atoms with Crippen molar-refractivity contribution in [2.45, 2.75) is 5.67 Å². The topological polar surface area (TPSA) is 40.5 Å². The highest BCUT2D eigenvalue weighted by Gasteiger charge is 2.48. The first-order chi connectivity index (χ1) is 4.04. The van der Waals surface area contributed by atoms with Crippen molar-refractivity contribution in [1.82, 2.24) is 4.90 Å². The molecule has 1 rings (SSSR count). The normalized spacial score (nSPS) is 25.1. The van der Waals surface area contributed by atoms with E-state index in [0.29, 0.717) is 0 Å². The monoisotopic (exact) mass is 132 g/mol. The first-order valence-electron chi connectivity index (χ1n) is 2.52. The molecule has 0 amide bonds.